The Hall–Kier alpha value is -1.89. The van der Waals surface area contributed by atoms with Gasteiger partial charge in [-0.3, -0.25) is 4.79 Å². The maximum atomic E-state index is 12.6. The fourth-order valence-corrected chi connectivity index (χ4v) is 3.22. The number of rotatable bonds is 5. The number of hydrogen-bond acceptors (Lipinski definition) is 6. The third-order valence-corrected chi connectivity index (χ3v) is 5.02. The predicted molar refractivity (Wildman–Crippen MR) is 105 cm³/mol. The third kappa shape index (κ3) is 6.34. The smallest absolute Gasteiger partial charge is 0.319 e. The van der Waals surface area contributed by atoms with E-state index in [1.165, 1.54) is 19.7 Å². The van der Waals surface area contributed by atoms with Crippen molar-refractivity contribution in [3.63, 3.8) is 0 Å². The number of aliphatic hydroxyl groups is 1. The molecule has 0 radical (unpaired) electrons. The van der Waals surface area contributed by atoms with Crippen molar-refractivity contribution in [2.45, 2.75) is 90.9 Å². The van der Waals surface area contributed by atoms with E-state index in [1.54, 1.807) is 0 Å². The summed E-state index contributed by atoms with van der Waals surface area (Å²) in [5, 5.41) is 12.9. The molecule has 7 heteroatoms. The van der Waals surface area contributed by atoms with Crippen LogP contribution in [0.3, 0.4) is 0 Å². The van der Waals surface area contributed by atoms with E-state index in [4.69, 9.17) is 9.47 Å². The zero-order valence-corrected chi connectivity index (χ0v) is 14.7. The van der Waals surface area contributed by atoms with Crippen LogP contribution in [-0.4, -0.2) is 46.3 Å². The Bertz CT molecular complexity index is 593. The van der Waals surface area contributed by atoms with Gasteiger partial charge in [-0.05, 0) is 44.9 Å². The zero-order valence-electron chi connectivity index (χ0n) is 14.7. The largest absolute Gasteiger partial charge is 0.480 e. The molecule has 2 aliphatic rings. The highest BCUT2D eigenvalue weighted by Gasteiger charge is 2.24. The van der Waals surface area contributed by atoms with Crippen LogP contribution in [0.5, 0.6) is 11.9 Å². The molecular weight excluding hydrogens is 346 g/mol. The van der Waals surface area contributed by atoms with E-state index in [0.717, 1.165) is 44.9 Å². The number of nitrogens with zero attached hydrogens (tertiary/aromatic N) is 2. The molecule has 0 aromatic carbocycles. The molecule has 2 fully saturated rings. The van der Waals surface area contributed by atoms with Gasteiger partial charge in [0.25, 0.3) is 5.91 Å². The van der Waals surface area contributed by atoms with E-state index in [1.807, 2.05) is 0 Å². The van der Waals surface area contributed by atoms with E-state index in [0.29, 0.717) is 12.0 Å². The van der Waals surface area contributed by atoms with Gasteiger partial charge >= 0.3 is 6.01 Å². The molecule has 154 valence electrons. The van der Waals surface area contributed by atoms with Gasteiger partial charge in [-0.2, -0.15) is 4.98 Å². The molecule has 2 atom stereocenters. The van der Waals surface area contributed by atoms with Gasteiger partial charge in [0.1, 0.15) is 11.7 Å². The summed E-state index contributed by atoms with van der Waals surface area (Å²) in [7, 11) is 1.48. The van der Waals surface area contributed by atoms with Crippen molar-refractivity contribution in [3.8, 4) is 11.9 Å². The fraction of sp³-hybridized carbons (Fsp3) is 0.750. The number of aliphatic hydroxyl groups excluding tert-OH is 1. The summed E-state index contributed by atoms with van der Waals surface area (Å²) in [4.78, 5) is 21.0. The quantitative estimate of drug-likeness (QED) is 0.811. The molecule has 2 N–H and O–H groups in total. The van der Waals surface area contributed by atoms with Crippen LogP contribution < -0.4 is 14.8 Å². The molecule has 1 heterocycles. The lowest BCUT2D eigenvalue weighted by Gasteiger charge is -2.25. The summed E-state index contributed by atoms with van der Waals surface area (Å²) >= 11 is 0. The van der Waals surface area contributed by atoms with Gasteiger partial charge < -0.3 is 19.9 Å². The Morgan fingerprint density at radius 3 is 2.52 bits per heavy atom. The molecule has 0 saturated heterocycles. The van der Waals surface area contributed by atoms with Gasteiger partial charge in [0, 0.05) is 6.04 Å². The van der Waals surface area contributed by atoms with Crippen LogP contribution in [0, 0.1) is 0 Å². The Kier molecular flexibility index (Phi) is 9.49. The minimum atomic E-state index is -0.263. The Morgan fingerprint density at radius 1 is 1.11 bits per heavy atom. The first-order valence-electron chi connectivity index (χ1n) is 9.22. The minimum Gasteiger partial charge on any atom is -0.480 e. The van der Waals surface area contributed by atoms with Crippen molar-refractivity contribution in [2.75, 3.05) is 7.11 Å². The van der Waals surface area contributed by atoms with Crippen LogP contribution in [0.1, 0.15) is 83.0 Å². The van der Waals surface area contributed by atoms with Crippen molar-refractivity contribution in [1.82, 2.24) is 15.3 Å². The molecule has 1 amide bonds. The average molecular weight is 382 g/mol. The lowest BCUT2D eigenvalue weighted by Crippen LogP contribution is -2.36. The van der Waals surface area contributed by atoms with Gasteiger partial charge in [-0.1, -0.05) is 27.7 Å². The van der Waals surface area contributed by atoms with E-state index in [2.05, 4.69) is 15.3 Å². The average Bonchev–Trinajstić information content (AvgIpc) is 2.57. The first-order chi connectivity index (χ1) is 12.2. The van der Waals surface area contributed by atoms with Crippen molar-refractivity contribution in [3.05, 3.63) is 11.8 Å². The molecule has 0 bridgehead atoms. The van der Waals surface area contributed by atoms with Gasteiger partial charge in [0.05, 0.1) is 19.4 Å². The fourth-order valence-electron chi connectivity index (χ4n) is 3.22. The lowest BCUT2D eigenvalue weighted by molar-refractivity contribution is 0.0902. The molecule has 0 aliphatic heterocycles. The molecule has 7 nitrogen and oxygen atoms in total. The van der Waals surface area contributed by atoms with Crippen molar-refractivity contribution in [2.24, 2.45) is 0 Å². The Balaban J connectivity index is 0.00000182. The predicted octanol–water partition coefficient (Wildman–Crippen LogP) is 3.50. The summed E-state index contributed by atoms with van der Waals surface area (Å²) in [5.74, 6) is -0.0141. The minimum absolute atomic E-state index is 0. The summed E-state index contributed by atoms with van der Waals surface area (Å²) in [6.07, 6.45) is 9.83. The molecule has 2 saturated carbocycles. The summed E-state index contributed by atoms with van der Waals surface area (Å²) in [5.41, 5.74) is 0.311. The molecular formula is C20H35N3O4. The third-order valence-electron chi connectivity index (χ3n) is 5.02. The van der Waals surface area contributed by atoms with Crippen molar-refractivity contribution in [1.29, 1.82) is 0 Å². The first kappa shape index (κ1) is 23.1. The molecule has 1 aromatic rings. The number of aromatic nitrogens is 2. The maximum absolute atomic E-state index is 12.6. The van der Waals surface area contributed by atoms with Crippen LogP contribution in [-0.2, 0) is 0 Å². The standard InChI is InChI=1S/C18H27N3O4.2CH4/c1-24-17-15(11-19-18(21-17)25-14-7-4-8-14)16(23)20-12-5-2-3-6-13(22)10-9-12;;/h11-14,22H,2-10H2,1H3,(H,20,23);2*1H4/t12-,13+;;/m1../s1. The zero-order chi connectivity index (χ0) is 17.6. The van der Waals surface area contributed by atoms with Gasteiger partial charge in [-0.25, -0.2) is 4.98 Å². The second-order valence-corrected chi connectivity index (χ2v) is 6.93. The molecule has 27 heavy (non-hydrogen) atoms. The lowest BCUT2D eigenvalue weighted by atomic mass is 9.95. The van der Waals surface area contributed by atoms with Gasteiger partial charge in [0.15, 0.2) is 0 Å². The monoisotopic (exact) mass is 381 g/mol. The number of nitrogens with one attached hydrogen (secondary N) is 1. The van der Waals surface area contributed by atoms with Crippen LogP contribution in [0.4, 0.5) is 0 Å². The first-order valence-corrected chi connectivity index (χ1v) is 9.22. The second-order valence-electron chi connectivity index (χ2n) is 6.93. The van der Waals surface area contributed by atoms with Crippen LogP contribution in [0.2, 0.25) is 0 Å². The highest BCUT2D eigenvalue weighted by atomic mass is 16.5. The van der Waals surface area contributed by atoms with Crippen molar-refractivity contribution < 1.29 is 19.4 Å². The van der Waals surface area contributed by atoms with Gasteiger partial charge in [-0.15, -0.1) is 0 Å². The Labute approximate surface area is 162 Å². The van der Waals surface area contributed by atoms with E-state index in [-0.39, 0.29) is 50.9 Å². The maximum Gasteiger partial charge on any atom is 0.319 e. The molecule has 0 unspecified atom stereocenters. The topological polar surface area (TPSA) is 93.6 Å². The molecule has 3 rings (SSSR count). The second kappa shape index (κ2) is 11.1. The number of carbonyl (C=O) groups is 1. The molecule has 1 aromatic heterocycles. The highest BCUT2D eigenvalue weighted by Crippen LogP contribution is 2.25. The molecule has 2 aliphatic carbocycles. The van der Waals surface area contributed by atoms with Crippen LogP contribution in [0.25, 0.3) is 0 Å². The van der Waals surface area contributed by atoms with Gasteiger partial charge in [0.2, 0.25) is 5.88 Å². The summed E-state index contributed by atoms with van der Waals surface area (Å²) < 4.78 is 10.9. The van der Waals surface area contributed by atoms with Crippen LogP contribution in [0.15, 0.2) is 6.20 Å². The van der Waals surface area contributed by atoms with E-state index in [9.17, 15) is 9.90 Å². The summed E-state index contributed by atoms with van der Waals surface area (Å²) in [6.45, 7) is 0. The van der Waals surface area contributed by atoms with Crippen LogP contribution >= 0.6 is 0 Å². The number of hydrogen-bond donors (Lipinski definition) is 2. The normalized spacial score (nSPS) is 22.7. The number of methoxy groups -OCH3 is 1. The number of carbonyl (C=O) groups excluding carboxylic acids is 1. The number of ether oxygens (including phenoxy) is 2. The summed E-state index contributed by atoms with van der Waals surface area (Å²) in [6, 6.07) is 0.310. The van der Waals surface area contributed by atoms with Crippen molar-refractivity contribution >= 4 is 5.91 Å². The Morgan fingerprint density at radius 2 is 1.85 bits per heavy atom. The SMILES string of the molecule is C.C.COc1nc(OC2CCC2)ncc1C(=O)N[C@@H]1CCCC[C@H](O)CC1. The van der Waals surface area contributed by atoms with E-state index < -0.39 is 0 Å². The highest BCUT2D eigenvalue weighted by molar-refractivity contribution is 5.96. The number of amides is 1. The van der Waals surface area contributed by atoms with E-state index >= 15 is 0 Å². The molecule has 0 spiro atoms.